The second-order valence-corrected chi connectivity index (χ2v) is 5.18. The van der Waals surface area contributed by atoms with Gasteiger partial charge in [-0.25, -0.2) is 0 Å². The Morgan fingerprint density at radius 3 is 2.48 bits per heavy atom. The molecule has 2 aromatic rings. The average Bonchev–Trinajstić information content (AvgIpc) is 2.56. The van der Waals surface area contributed by atoms with Gasteiger partial charge in [0.05, 0.1) is 11.6 Å². The van der Waals surface area contributed by atoms with E-state index < -0.39 is 0 Å². The van der Waals surface area contributed by atoms with Crippen LogP contribution in [0.2, 0.25) is 0 Å². The predicted octanol–water partition coefficient (Wildman–Crippen LogP) is 1.38. The summed E-state index contributed by atoms with van der Waals surface area (Å²) in [6.07, 6.45) is 0. The van der Waals surface area contributed by atoms with Crippen molar-refractivity contribution in [3.63, 3.8) is 0 Å². The van der Waals surface area contributed by atoms with Gasteiger partial charge >= 0.3 is 0 Å². The summed E-state index contributed by atoms with van der Waals surface area (Å²) < 4.78 is 0. The lowest BCUT2D eigenvalue weighted by molar-refractivity contribution is 0.0945. The predicted molar refractivity (Wildman–Crippen MR) is 87.4 cm³/mol. The van der Waals surface area contributed by atoms with Crippen LogP contribution in [0.3, 0.4) is 0 Å². The van der Waals surface area contributed by atoms with E-state index in [9.17, 15) is 4.79 Å². The van der Waals surface area contributed by atoms with Gasteiger partial charge in [0.15, 0.2) is 11.5 Å². The number of anilines is 2. The monoisotopic (exact) mass is 310 g/mol. The van der Waals surface area contributed by atoms with Crippen molar-refractivity contribution in [2.45, 2.75) is 0 Å². The highest BCUT2D eigenvalue weighted by atomic mass is 16.1. The van der Waals surface area contributed by atoms with Crippen LogP contribution in [0.4, 0.5) is 11.5 Å². The molecule has 2 N–H and O–H groups in total. The summed E-state index contributed by atoms with van der Waals surface area (Å²) >= 11 is 0. The molecule has 0 unspecified atom stereocenters. The maximum Gasteiger partial charge on any atom is 0.271 e. The number of aromatic nitrogens is 2. The fraction of sp³-hybridized carbons (Fsp3) is 0.250. The highest BCUT2D eigenvalue weighted by Gasteiger charge is 2.07. The fourth-order valence-electron chi connectivity index (χ4n) is 1.78. The number of nitrogens with zero attached hydrogens (tertiary/aromatic N) is 4. The number of hydrogen-bond donors (Lipinski definition) is 2. The molecule has 0 bridgehead atoms. The molecular formula is C16H18N6O. The van der Waals surface area contributed by atoms with E-state index in [4.69, 9.17) is 5.26 Å². The smallest absolute Gasteiger partial charge is 0.271 e. The van der Waals surface area contributed by atoms with Crippen LogP contribution in [0, 0.1) is 11.3 Å². The lowest BCUT2D eigenvalue weighted by Gasteiger charge is -2.10. The van der Waals surface area contributed by atoms with Crippen molar-refractivity contribution in [3.8, 4) is 6.07 Å². The average molecular weight is 310 g/mol. The Bertz CT molecular complexity index is 688. The molecule has 1 aromatic carbocycles. The molecular weight excluding hydrogens is 292 g/mol. The van der Waals surface area contributed by atoms with E-state index in [1.54, 1.807) is 36.4 Å². The Kier molecular flexibility index (Phi) is 5.61. The minimum atomic E-state index is -0.246. The van der Waals surface area contributed by atoms with Gasteiger partial charge in [-0.2, -0.15) is 5.26 Å². The first-order chi connectivity index (χ1) is 11.1. The molecule has 1 heterocycles. The fourth-order valence-corrected chi connectivity index (χ4v) is 1.78. The van der Waals surface area contributed by atoms with Gasteiger partial charge in [0.25, 0.3) is 5.91 Å². The van der Waals surface area contributed by atoms with E-state index in [0.29, 0.717) is 17.9 Å². The standard InChI is InChI=1S/C16H18N6O/c1-22(2)10-9-18-16(23)14-7-8-15(21-20-14)19-13-5-3-12(11-17)4-6-13/h3-8H,9-10H2,1-2H3,(H,18,23)(H,19,21). The summed E-state index contributed by atoms with van der Waals surface area (Å²) in [5, 5.41) is 22.5. The van der Waals surface area contributed by atoms with Gasteiger partial charge in [0.1, 0.15) is 0 Å². The minimum absolute atomic E-state index is 0.246. The Labute approximate surface area is 134 Å². The summed E-state index contributed by atoms with van der Waals surface area (Å²) in [7, 11) is 3.88. The number of rotatable bonds is 6. The molecule has 23 heavy (non-hydrogen) atoms. The van der Waals surface area contributed by atoms with Crippen LogP contribution in [-0.2, 0) is 0 Å². The van der Waals surface area contributed by atoms with Crippen LogP contribution in [0.25, 0.3) is 0 Å². The highest BCUT2D eigenvalue weighted by molar-refractivity contribution is 5.92. The largest absolute Gasteiger partial charge is 0.349 e. The van der Waals surface area contributed by atoms with Crippen molar-refractivity contribution in [2.24, 2.45) is 0 Å². The Morgan fingerprint density at radius 2 is 1.91 bits per heavy atom. The maximum atomic E-state index is 11.9. The molecule has 0 atom stereocenters. The van der Waals surface area contributed by atoms with Crippen LogP contribution >= 0.6 is 0 Å². The van der Waals surface area contributed by atoms with Gasteiger partial charge in [-0.3, -0.25) is 4.79 Å². The van der Waals surface area contributed by atoms with Crippen molar-refractivity contribution < 1.29 is 4.79 Å². The molecule has 0 fully saturated rings. The molecule has 118 valence electrons. The summed E-state index contributed by atoms with van der Waals surface area (Å²) in [6, 6.07) is 12.3. The van der Waals surface area contributed by atoms with Crippen molar-refractivity contribution in [1.29, 1.82) is 5.26 Å². The number of carbonyl (C=O) groups is 1. The topological polar surface area (TPSA) is 93.9 Å². The second-order valence-electron chi connectivity index (χ2n) is 5.18. The van der Waals surface area contributed by atoms with E-state index >= 15 is 0 Å². The first kappa shape index (κ1) is 16.4. The van der Waals surface area contributed by atoms with Gasteiger partial charge in [-0.1, -0.05) is 0 Å². The summed E-state index contributed by atoms with van der Waals surface area (Å²) in [5.41, 5.74) is 1.65. The SMILES string of the molecule is CN(C)CCNC(=O)c1ccc(Nc2ccc(C#N)cc2)nn1. The van der Waals surface area contributed by atoms with Crippen molar-refractivity contribution in [1.82, 2.24) is 20.4 Å². The Balaban J connectivity index is 1.93. The van der Waals surface area contributed by atoms with Crippen molar-refractivity contribution >= 4 is 17.4 Å². The summed E-state index contributed by atoms with van der Waals surface area (Å²) in [6.45, 7) is 1.32. The molecule has 0 radical (unpaired) electrons. The molecule has 0 spiro atoms. The van der Waals surface area contributed by atoms with Crippen LogP contribution in [0.1, 0.15) is 16.1 Å². The van der Waals surface area contributed by atoms with Crippen LogP contribution in [-0.4, -0.2) is 48.2 Å². The first-order valence-corrected chi connectivity index (χ1v) is 7.12. The zero-order valence-electron chi connectivity index (χ0n) is 13.1. The van der Waals surface area contributed by atoms with Crippen LogP contribution in [0.15, 0.2) is 36.4 Å². The molecule has 0 saturated carbocycles. The molecule has 0 aliphatic carbocycles. The van der Waals surface area contributed by atoms with Crippen molar-refractivity contribution in [3.05, 3.63) is 47.7 Å². The Hall–Kier alpha value is -2.98. The third-order valence-electron chi connectivity index (χ3n) is 3.03. The van der Waals surface area contributed by atoms with E-state index in [2.05, 4.69) is 26.9 Å². The Morgan fingerprint density at radius 1 is 1.17 bits per heavy atom. The molecule has 1 amide bonds. The molecule has 7 heteroatoms. The third kappa shape index (κ3) is 5.05. The normalized spacial score (nSPS) is 10.2. The minimum Gasteiger partial charge on any atom is -0.349 e. The summed E-state index contributed by atoms with van der Waals surface area (Å²) in [5.74, 6) is 0.281. The first-order valence-electron chi connectivity index (χ1n) is 7.12. The van der Waals surface area contributed by atoms with Gasteiger partial charge in [-0.15, -0.1) is 10.2 Å². The number of nitrogens with one attached hydrogen (secondary N) is 2. The summed E-state index contributed by atoms with van der Waals surface area (Å²) in [4.78, 5) is 13.9. The van der Waals surface area contributed by atoms with Crippen molar-refractivity contribution in [2.75, 3.05) is 32.5 Å². The van der Waals surface area contributed by atoms with E-state index in [0.717, 1.165) is 12.2 Å². The van der Waals surface area contributed by atoms with Crippen LogP contribution in [0.5, 0.6) is 0 Å². The third-order valence-corrected chi connectivity index (χ3v) is 3.03. The number of amides is 1. The van der Waals surface area contributed by atoms with Gasteiger partial charge in [0.2, 0.25) is 0 Å². The number of carbonyl (C=O) groups excluding carboxylic acids is 1. The number of benzene rings is 1. The molecule has 7 nitrogen and oxygen atoms in total. The maximum absolute atomic E-state index is 11.9. The lowest BCUT2D eigenvalue weighted by Crippen LogP contribution is -2.31. The zero-order valence-corrected chi connectivity index (χ0v) is 13.1. The highest BCUT2D eigenvalue weighted by Crippen LogP contribution is 2.14. The van der Waals surface area contributed by atoms with E-state index in [-0.39, 0.29) is 11.6 Å². The second kappa shape index (κ2) is 7.87. The molecule has 1 aromatic heterocycles. The van der Waals surface area contributed by atoms with Gasteiger partial charge < -0.3 is 15.5 Å². The van der Waals surface area contributed by atoms with Crippen LogP contribution < -0.4 is 10.6 Å². The molecule has 2 rings (SSSR count). The lowest BCUT2D eigenvalue weighted by atomic mass is 10.2. The number of nitriles is 1. The quantitative estimate of drug-likeness (QED) is 0.837. The van der Waals surface area contributed by atoms with Gasteiger partial charge in [-0.05, 0) is 50.5 Å². The molecule has 0 aliphatic heterocycles. The number of hydrogen-bond acceptors (Lipinski definition) is 6. The van der Waals surface area contributed by atoms with Gasteiger partial charge in [0, 0.05) is 18.8 Å². The molecule has 0 saturated heterocycles. The number of likely N-dealkylation sites (N-methyl/N-ethyl adjacent to an activating group) is 1. The van der Waals surface area contributed by atoms with E-state index in [1.807, 2.05) is 19.0 Å². The van der Waals surface area contributed by atoms with E-state index in [1.165, 1.54) is 0 Å². The molecule has 0 aliphatic rings. The zero-order chi connectivity index (χ0) is 16.7.